The molecule has 0 aliphatic carbocycles. The molecule has 0 fully saturated rings. The number of hydrogen-bond donors (Lipinski definition) is 1. The van der Waals surface area contributed by atoms with Gasteiger partial charge in [-0.3, -0.25) is 0 Å². The van der Waals surface area contributed by atoms with E-state index in [0.29, 0.717) is 0 Å². The summed E-state index contributed by atoms with van der Waals surface area (Å²) >= 11 is 0. The van der Waals surface area contributed by atoms with Crippen LogP contribution in [0.5, 0.6) is 11.5 Å². The van der Waals surface area contributed by atoms with Crippen molar-refractivity contribution in [2.45, 2.75) is 26.8 Å². The Morgan fingerprint density at radius 3 is 2.36 bits per heavy atom. The van der Waals surface area contributed by atoms with E-state index in [1.165, 1.54) is 22.3 Å². The minimum atomic E-state index is 0.783. The second-order valence-electron chi connectivity index (χ2n) is 5.65. The zero-order chi connectivity index (χ0) is 15.9. The van der Waals surface area contributed by atoms with E-state index in [1.54, 1.807) is 14.2 Å². The van der Waals surface area contributed by atoms with Gasteiger partial charge in [0.15, 0.2) is 11.5 Å². The molecule has 0 aliphatic rings. The number of benzene rings is 2. The summed E-state index contributed by atoms with van der Waals surface area (Å²) in [5.74, 6) is 1.58. The van der Waals surface area contributed by atoms with Gasteiger partial charge in [-0.05, 0) is 37.1 Å². The lowest BCUT2D eigenvalue weighted by molar-refractivity contribution is -0.670. The Labute approximate surface area is 133 Å². The molecular formula is C19H26NO2+. The molecule has 0 unspecified atom stereocenters. The molecule has 0 saturated heterocycles. The molecule has 22 heavy (non-hydrogen) atoms. The van der Waals surface area contributed by atoms with Crippen LogP contribution in [0.25, 0.3) is 0 Å². The number of methoxy groups -OCH3 is 2. The fraction of sp³-hybridized carbons (Fsp3) is 0.368. The number of hydrogen-bond acceptors (Lipinski definition) is 2. The molecule has 0 aromatic heterocycles. The van der Waals surface area contributed by atoms with Crippen molar-refractivity contribution in [3.05, 3.63) is 58.7 Å². The summed E-state index contributed by atoms with van der Waals surface area (Å²) in [6, 6.07) is 12.8. The van der Waals surface area contributed by atoms with Crippen molar-refractivity contribution in [1.82, 2.24) is 0 Å². The standard InChI is InChI=1S/C19H25NO2/c1-14-5-7-17(15(2)11-14)13-20-10-9-16-6-8-18(21-3)19(12-16)22-4/h5-8,11-12,20H,9-10,13H2,1-4H3/p+1. The van der Waals surface area contributed by atoms with Gasteiger partial charge in [0.1, 0.15) is 6.54 Å². The van der Waals surface area contributed by atoms with E-state index in [4.69, 9.17) is 9.47 Å². The molecule has 0 radical (unpaired) electrons. The Bertz CT molecular complexity index is 623. The molecule has 0 bridgehead atoms. The summed E-state index contributed by atoms with van der Waals surface area (Å²) in [4.78, 5) is 0. The average Bonchev–Trinajstić information content (AvgIpc) is 2.53. The monoisotopic (exact) mass is 300 g/mol. The maximum atomic E-state index is 5.34. The highest BCUT2D eigenvalue weighted by molar-refractivity contribution is 5.42. The molecule has 2 aromatic carbocycles. The Hall–Kier alpha value is -2.00. The van der Waals surface area contributed by atoms with Gasteiger partial charge in [-0.1, -0.05) is 29.8 Å². The number of quaternary nitrogens is 1. The largest absolute Gasteiger partial charge is 0.493 e. The highest BCUT2D eigenvalue weighted by atomic mass is 16.5. The van der Waals surface area contributed by atoms with Gasteiger partial charge in [0, 0.05) is 12.0 Å². The van der Waals surface area contributed by atoms with Crippen LogP contribution in [0, 0.1) is 13.8 Å². The lowest BCUT2D eigenvalue weighted by Crippen LogP contribution is -2.83. The summed E-state index contributed by atoms with van der Waals surface area (Å²) in [5.41, 5.74) is 5.39. The van der Waals surface area contributed by atoms with Crippen molar-refractivity contribution in [3.63, 3.8) is 0 Å². The summed E-state index contributed by atoms with van der Waals surface area (Å²) in [6.45, 7) is 6.41. The second-order valence-corrected chi connectivity index (χ2v) is 5.65. The van der Waals surface area contributed by atoms with Crippen molar-refractivity contribution < 1.29 is 14.8 Å². The molecule has 0 spiro atoms. The van der Waals surface area contributed by atoms with Crippen molar-refractivity contribution >= 4 is 0 Å². The third-order valence-electron chi connectivity index (χ3n) is 3.95. The quantitative estimate of drug-likeness (QED) is 0.798. The summed E-state index contributed by atoms with van der Waals surface area (Å²) in [6.07, 6.45) is 1.02. The first-order chi connectivity index (χ1) is 10.6. The normalized spacial score (nSPS) is 10.5. The molecular weight excluding hydrogens is 274 g/mol. The molecule has 2 rings (SSSR count). The zero-order valence-corrected chi connectivity index (χ0v) is 14.0. The minimum Gasteiger partial charge on any atom is -0.493 e. The van der Waals surface area contributed by atoms with Crippen molar-refractivity contribution in [1.29, 1.82) is 0 Å². The topological polar surface area (TPSA) is 35.1 Å². The molecule has 3 heteroatoms. The van der Waals surface area contributed by atoms with Crippen molar-refractivity contribution in [3.8, 4) is 11.5 Å². The summed E-state index contributed by atoms with van der Waals surface area (Å²) in [7, 11) is 3.34. The maximum absolute atomic E-state index is 5.34. The Kier molecular flexibility index (Phi) is 5.84. The van der Waals surface area contributed by atoms with Gasteiger partial charge in [0.05, 0.1) is 20.8 Å². The van der Waals surface area contributed by atoms with Crippen LogP contribution in [-0.4, -0.2) is 20.8 Å². The summed E-state index contributed by atoms with van der Waals surface area (Å²) < 4.78 is 10.6. The highest BCUT2D eigenvalue weighted by Crippen LogP contribution is 2.27. The van der Waals surface area contributed by atoms with E-state index in [-0.39, 0.29) is 0 Å². The Morgan fingerprint density at radius 1 is 0.909 bits per heavy atom. The molecule has 2 N–H and O–H groups in total. The van der Waals surface area contributed by atoms with Crippen LogP contribution in [0.4, 0.5) is 0 Å². The van der Waals surface area contributed by atoms with Gasteiger partial charge >= 0.3 is 0 Å². The predicted octanol–water partition coefficient (Wildman–Crippen LogP) is 2.63. The first-order valence-electron chi connectivity index (χ1n) is 7.72. The molecule has 3 nitrogen and oxygen atoms in total. The second kappa shape index (κ2) is 7.85. The lowest BCUT2D eigenvalue weighted by Gasteiger charge is -2.10. The number of nitrogens with two attached hydrogens (primary N) is 1. The molecule has 0 amide bonds. The van der Waals surface area contributed by atoms with Crippen LogP contribution in [0.2, 0.25) is 0 Å². The van der Waals surface area contributed by atoms with Crippen LogP contribution >= 0.6 is 0 Å². The predicted molar refractivity (Wildman–Crippen MR) is 89.7 cm³/mol. The number of ether oxygens (including phenoxy) is 2. The van der Waals surface area contributed by atoms with E-state index in [2.05, 4.69) is 49.5 Å². The maximum Gasteiger partial charge on any atom is 0.160 e. The van der Waals surface area contributed by atoms with Crippen LogP contribution in [0.3, 0.4) is 0 Å². The third kappa shape index (κ3) is 4.25. The van der Waals surface area contributed by atoms with Crippen LogP contribution in [0.15, 0.2) is 36.4 Å². The fourth-order valence-corrected chi connectivity index (χ4v) is 2.64. The lowest BCUT2D eigenvalue weighted by atomic mass is 10.1. The molecule has 0 atom stereocenters. The fourth-order valence-electron chi connectivity index (χ4n) is 2.64. The highest BCUT2D eigenvalue weighted by Gasteiger charge is 2.05. The zero-order valence-electron chi connectivity index (χ0n) is 14.0. The van der Waals surface area contributed by atoms with E-state index < -0.39 is 0 Å². The molecule has 2 aromatic rings. The van der Waals surface area contributed by atoms with Gasteiger partial charge in [-0.2, -0.15) is 0 Å². The van der Waals surface area contributed by atoms with Gasteiger partial charge in [-0.15, -0.1) is 0 Å². The van der Waals surface area contributed by atoms with Crippen LogP contribution in [0.1, 0.15) is 22.3 Å². The summed E-state index contributed by atoms with van der Waals surface area (Å²) in [5, 5.41) is 2.36. The first kappa shape index (κ1) is 16.4. The van der Waals surface area contributed by atoms with E-state index in [1.807, 2.05) is 6.07 Å². The smallest absolute Gasteiger partial charge is 0.160 e. The van der Waals surface area contributed by atoms with Crippen molar-refractivity contribution in [2.75, 3.05) is 20.8 Å². The van der Waals surface area contributed by atoms with E-state index in [0.717, 1.165) is 31.0 Å². The molecule has 118 valence electrons. The third-order valence-corrected chi connectivity index (χ3v) is 3.95. The van der Waals surface area contributed by atoms with Gasteiger partial charge in [0.25, 0.3) is 0 Å². The molecule has 0 aliphatic heterocycles. The number of rotatable bonds is 7. The molecule has 0 saturated carbocycles. The van der Waals surface area contributed by atoms with E-state index >= 15 is 0 Å². The van der Waals surface area contributed by atoms with Gasteiger partial charge in [-0.25, -0.2) is 0 Å². The average molecular weight is 300 g/mol. The van der Waals surface area contributed by atoms with Gasteiger partial charge < -0.3 is 14.8 Å². The molecule has 0 heterocycles. The minimum absolute atomic E-state index is 0.783. The number of aryl methyl sites for hydroxylation is 2. The Balaban J connectivity index is 1.86. The SMILES string of the molecule is COc1ccc(CC[NH2+]Cc2ccc(C)cc2C)cc1OC. The van der Waals surface area contributed by atoms with Crippen LogP contribution < -0.4 is 14.8 Å². The Morgan fingerprint density at radius 2 is 1.68 bits per heavy atom. The van der Waals surface area contributed by atoms with Gasteiger partial charge in [0.2, 0.25) is 0 Å². The van der Waals surface area contributed by atoms with Crippen molar-refractivity contribution in [2.24, 2.45) is 0 Å². The van der Waals surface area contributed by atoms with E-state index in [9.17, 15) is 0 Å². The first-order valence-corrected chi connectivity index (χ1v) is 7.72. The van der Waals surface area contributed by atoms with Crippen LogP contribution in [-0.2, 0) is 13.0 Å².